The number of piperidine rings is 1. The maximum atomic E-state index is 13.3. The van der Waals surface area contributed by atoms with Crippen LogP contribution in [0, 0.1) is 5.92 Å². The monoisotopic (exact) mass is 567 g/mol. The lowest BCUT2D eigenvalue weighted by atomic mass is 9.79. The van der Waals surface area contributed by atoms with Crippen LogP contribution in [0.1, 0.15) is 48.0 Å². The Balaban J connectivity index is 1.55. The van der Waals surface area contributed by atoms with Crippen LogP contribution in [-0.2, 0) is 35.2 Å². The van der Waals surface area contributed by atoms with Gasteiger partial charge in [0.1, 0.15) is 23.8 Å². The average molecular weight is 568 g/mol. The van der Waals surface area contributed by atoms with Crippen LogP contribution in [0.15, 0.2) is 16.6 Å². The van der Waals surface area contributed by atoms with Crippen LogP contribution in [-0.4, -0.2) is 96.9 Å². The first-order valence-electron chi connectivity index (χ1n) is 12.4. The number of aromatic nitrogens is 4. The molecule has 2 amide bonds. The van der Waals surface area contributed by atoms with Crippen molar-refractivity contribution in [2.45, 2.75) is 83.0 Å². The third-order valence-electron chi connectivity index (χ3n) is 6.02. The molecule has 0 aromatic carbocycles. The van der Waals surface area contributed by atoms with Gasteiger partial charge in [0.2, 0.25) is 16.9 Å². The summed E-state index contributed by atoms with van der Waals surface area (Å²) in [7, 11) is 1.51. The minimum absolute atomic E-state index is 0.0676. The Kier molecular flexibility index (Phi) is 7.80. The summed E-state index contributed by atoms with van der Waals surface area (Å²) in [5, 5.41) is 15.7. The number of hydroxylamine groups is 2. The van der Waals surface area contributed by atoms with Gasteiger partial charge < -0.3 is 24.4 Å². The molecule has 2 fully saturated rings. The van der Waals surface area contributed by atoms with Gasteiger partial charge in [-0.15, -0.1) is 10.2 Å². The summed E-state index contributed by atoms with van der Waals surface area (Å²) < 4.78 is 17.5. The predicted molar refractivity (Wildman–Crippen MR) is 134 cm³/mol. The summed E-state index contributed by atoms with van der Waals surface area (Å²) in [6.45, 7) is 10.5. The number of hydrogen-bond acceptors (Lipinski definition) is 13. The van der Waals surface area contributed by atoms with E-state index in [9.17, 15) is 19.2 Å². The van der Waals surface area contributed by atoms with Crippen LogP contribution >= 0.6 is 11.8 Å². The van der Waals surface area contributed by atoms with Gasteiger partial charge in [0.25, 0.3) is 5.91 Å². The summed E-state index contributed by atoms with van der Waals surface area (Å²) >= 11 is 1.24. The van der Waals surface area contributed by atoms with Crippen molar-refractivity contribution < 1.29 is 38.2 Å². The van der Waals surface area contributed by atoms with E-state index in [0.29, 0.717) is 17.2 Å². The van der Waals surface area contributed by atoms with Crippen LogP contribution in [0.3, 0.4) is 0 Å². The third-order valence-corrected chi connectivity index (χ3v) is 7.02. The first-order valence-corrected chi connectivity index (χ1v) is 13.4. The standard InChI is InChI=1S/C23H33N7O8S/c1-22(2,3)36-20(33)35-18-13(11-39-19-25-26-27-28(19)10-14(31)24-7)12-8-9-29(16-15(12)30(18)17(16)32)38-21(34)37-23(4,5)6/h12,15-16H,8-11H2,1-7H3,(H,24,31)/t12?,15-,16+/m1/s1. The molecule has 0 spiro atoms. The van der Waals surface area contributed by atoms with E-state index in [-0.39, 0.29) is 42.5 Å². The van der Waals surface area contributed by atoms with Gasteiger partial charge in [-0.25, -0.2) is 14.3 Å². The molecule has 4 rings (SSSR count). The van der Waals surface area contributed by atoms with Gasteiger partial charge in [-0.1, -0.05) is 11.8 Å². The van der Waals surface area contributed by atoms with Gasteiger partial charge in [-0.3, -0.25) is 14.5 Å². The van der Waals surface area contributed by atoms with E-state index in [0.717, 1.165) is 0 Å². The number of carbonyl (C=O) groups is 4. The molecule has 1 aromatic rings. The van der Waals surface area contributed by atoms with Crippen molar-refractivity contribution in [2.75, 3.05) is 19.3 Å². The zero-order valence-corrected chi connectivity index (χ0v) is 23.7. The summed E-state index contributed by atoms with van der Waals surface area (Å²) in [6, 6.07) is -1.17. The number of tetrazole rings is 1. The van der Waals surface area contributed by atoms with Crippen molar-refractivity contribution >= 4 is 35.9 Å². The van der Waals surface area contributed by atoms with Gasteiger partial charge >= 0.3 is 12.3 Å². The lowest BCUT2D eigenvalue weighted by Crippen LogP contribution is -2.72. The van der Waals surface area contributed by atoms with E-state index in [1.54, 1.807) is 41.5 Å². The highest BCUT2D eigenvalue weighted by atomic mass is 32.2. The SMILES string of the molecule is CNC(=O)Cn1nnnc1SCC1=C(OC(=O)OC(C)(C)C)N2C(=O)[C@@H]3[C@H]2C1CCN3OC(=O)OC(C)(C)C. The third kappa shape index (κ3) is 6.27. The minimum atomic E-state index is -0.943. The van der Waals surface area contributed by atoms with Crippen molar-refractivity contribution in [3.8, 4) is 0 Å². The van der Waals surface area contributed by atoms with E-state index >= 15 is 0 Å². The quantitative estimate of drug-likeness (QED) is 0.286. The predicted octanol–water partition coefficient (Wildman–Crippen LogP) is 1.46. The number of ether oxygens (including phenoxy) is 3. The van der Waals surface area contributed by atoms with Gasteiger partial charge in [0.05, 0.1) is 6.04 Å². The highest BCUT2D eigenvalue weighted by molar-refractivity contribution is 7.99. The number of likely N-dealkylation sites (N-methyl/N-ethyl adjacent to an activating group) is 1. The lowest BCUT2D eigenvalue weighted by Gasteiger charge is -2.51. The highest BCUT2D eigenvalue weighted by Crippen LogP contribution is 2.50. The molecule has 0 bridgehead atoms. The number of carbonyl (C=O) groups excluding carboxylic acids is 4. The summed E-state index contributed by atoms with van der Waals surface area (Å²) in [6.07, 6.45) is -1.34. The summed E-state index contributed by atoms with van der Waals surface area (Å²) in [5.41, 5.74) is -0.871. The fraction of sp³-hybridized carbons (Fsp3) is 0.696. The molecule has 4 heterocycles. The van der Waals surface area contributed by atoms with Gasteiger partial charge in [-0.2, -0.15) is 0 Å². The zero-order valence-electron chi connectivity index (χ0n) is 22.9. The molecule has 15 nitrogen and oxygen atoms in total. The summed E-state index contributed by atoms with van der Waals surface area (Å²) in [4.78, 5) is 56.8. The Morgan fingerprint density at radius 1 is 1.08 bits per heavy atom. The van der Waals surface area contributed by atoms with Crippen molar-refractivity contribution in [2.24, 2.45) is 5.92 Å². The maximum Gasteiger partial charge on any atom is 0.528 e. The molecule has 0 saturated carbocycles. The number of hydrogen-bond donors (Lipinski definition) is 1. The second-order valence-corrected chi connectivity index (χ2v) is 12.2. The number of amides is 2. The summed E-state index contributed by atoms with van der Waals surface area (Å²) in [5.74, 6) is -0.460. The molecule has 1 aromatic heterocycles. The number of nitrogens with one attached hydrogen (secondary N) is 1. The number of thioether (sulfide) groups is 1. The van der Waals surface area contributed by atoms with E-state index < -0.39 is 35.6 Å². The molecule has 0 aliphatic carbocycles. The molecule has 214 valence electrons. The Bertz CT molecular complexity index is 1190. The molecule has 3 atom stereocenters. The number of nitrogens with zero attached hydrogens (tertiary/aromatic N) is 6. The van der Waals surface area contributed by atoms with Crippen molar-refractivity contribution in [1.29, 1.82) is 0 Å². The molecule has 0 radical (unpaired) electrons. The molecule has 16 heteroatoms. The van der Waals surface area contributed by atoms with Crippen LogP contribution < -0.4 is 5.32 Å². The van der Waals surface area contributed by atoms with E-state index in [2.05, 4.69) is 20.8 Å². The van der Waals surface area contributed by atoms with E-state index in [4.69, 9.17) is 19.0 Å². The topological polar surface area (TPSA) is 167 Å². The molecular formula is C23H33N7O8S. The normalized spacial score (nSPS) is 22.7. The molecule has 39 heavy (non-hydrogen) atoms. The van der Waals surface area contributed by atoms with Crippen molar-refractivity contribution in [3.05, 3.63) is 11.5 Å². The van der Waals surface area contributed by atoms with Crippen molar-refractivity contribution in [1.82, 2.24) is 35.5 Å². The van der Waals surface area contributed by atoms with Gasteiger partial charge in [-0.05, 0) is 58.4 Å². The van der Waals surface area contributed by atoms with E-state index in [1.807, 2.05) is 0 Å². The second-order valence-electron chi connectivity index (χ2n) is 11.2. The van der Waals surface area contributed by atoms with Crippen LogP contribution in [0.5, 0.6) is 0 Å². The maximum absolute atomic E-state index is 13.3. The highest BCUT2D eigenvalue weighted by Gasteiger charge is 2.64. The number of β-lactam (4-membered cyclic amide) rings is 1. The average Bonchev–Trinajstić information content (AvgIpc) is 3.34. The first kappa shape index (κ1) is 28.6. The fourth-order valence-electron chi connectivity index (χ4n) is 4.55. The Labute approximate surface area is 229 Å². The van der Waals surface area contributed by atoms with Crippen LogP contribution in [0.25, 0.3) is 0 Å². The van der Waals surface area contributed by atoms with E-state index in [1.165, 1.54) is 33.5 Å². The molecule has 3 aliphatic heterocycles. The fourth-order valence-corrected chi connectivity index (χ4v) is 5.52. The second kappa shape index (κ2) is 10.6. The lowest BCUT2D eigenvalue weighted by molar-refractivity contribution is -0.223. The minimum Gasteiger partial charge on any atom is -0.428 e. The number of rotatable bonds is 7. The van der Waals surface area contributed by atoms with Crippen LogP contribution in [0.4, 0.5) is 9.59 Å². The van der Waals surface area contributed by atoms with Gasteiger partial charge in [0.15, 0.2) is 0 Å². The Hall–Kier alpha value is -3.40. The molecular weight excluding hydrogens is 534 g/mol. The van der Waals surface area contributed by atoms with Crippen LogP contribution in [0.2, 0.25) is 0 Å². The largest absolute Gasteiger partial charge is 0.528 e. The zero-order chi connectivity index (χ0) is 28.7. The smallest absolute Gasteiger partial charge is 0.428 e. The Morgan fingerprint density at radius 2 is 1.74 bits per heavy atom. The molecule has 1 unspecified atom stereocenters. The Morgan fingerprint density at radius 3 is 2.38 bits per heavy atom. The first-order chi connectivity index (χ1) is 18.2. The van der Waals surface area contributed by atoms with Crippen molar-refractivity contribution in [3.63, 3.8) is 0 Å². The van der Waals surface area contributed by atoms with Gasteiger partial charge in [0, 0.05) is 30.8 Å². The molecule has 3 aliphatic rings. The molecule has 2 saturated heterocycles. The molecule has 1 N–H and O–H groups in total.